The average molecular weight is 246 g/mol. The SMILES string of the molecule is CCc1cccc(C)c1N1CCC(CN)C1(C)C. The molecular weight excluding hydrogens is 220 g/mol. The molecule has 0 saturated carbocycles. The van der Waals surface area contributed by atoms with E-state index >= 15 is 0 Å². The van der Waals surface area contributed by atoms with Crippen LogP contribution in [0.25, 0.3) is 0 Å². The van der Waals surface area contributed by atoms with Crippen LogP contribution < -0.4 is 10.6 Å². The van der Waals surface area contributed by atoms with Gasteiger partial charge >= 0.3 is 0 Å². The van der Waals surface area contributed by atoms with Crippen molar-refractivity contribution in [2.24, 2.45) is 11.7 Å². The standard InChI is InChI=1S/C16H26N2/c1-5-13-8-6-7-12(2)15(13)18-10-9-14(11-17)16(18,3)4/h6-8,14H,5,9-11,17H2,1-4H3. The second kappa shape index (κ2) is 4.93. The van der Waals surface area contributed by atoms with Crippen molar-refractivity contribution < 1.29 is 0 Å². The minimum absolute atomic E-state index is 0.171. The Morgan fingerprint density at radius 2 is 2.11 bits per heavy atom. The van der Waals surface area contributed by atoms with Gasteiger partial charge in [0.2, 0.25) is 0 Å². The Labute approximate surface area is 111 Å². The number of anilines is 1. The summed E-state index contributed by atoms with van der Waals surface area (Å²) < 4.78 is 0. The Hall–Kier alpha value is -1.02. The van der Waals surface area contributed by atoms with Gasteiger partial charge in [-0.05, 0) is 57.2 Å². The highest BCUT2D eigenvalue weighted by Crippen LogP contribution is 2.40. The molecule has 0 aliphatic carbocycles. The van der Waals surface area contributed by atoms with Crippen LogP contribution in [-0.2, 0) is 6.42 Å². The molecule has 100 valence electrons. The summed E-state index contributed by atoms with van der Waals surface area (Å²) in [6, 6.07) is 6.65. The van der Waals surface area contributed by atoms with Crippen LogP contribution in [0.15, 0.2) is 18.2 Å². The Kier molecular flexibility index (Phi) is 3.67. The van der Waals surface area contributed by atoms with Crippen molar-refractivity contribution in [3.05, 3.63) is 29.3 Å². The largest absolute Gasteiger partial charge is 0.366 e. The third kappa shape index (κ3) is 2.03. The monoisotopic (exact) mass is 246 g/mol. The highest BCUT2D eigenvalue weighted by molar-refractivity contribution is 5.62. The Balaban J connectivity index is 2.44. The Bertz CT molecular complexity index is 423. The highest BCUT2D eigenvalue weighted by atomic mass is 15.2. The van der Waals surface area contributed by atoms with Gasteiger partial charge in [0.1, 0.15) is 0 Å². The Morgan fingerprint density at radius 1 is 1.39 bits per heavy atom. The number of benzene rings is 1. The molecule has 2 rings (SSSR count). The maximum atomic E-state index is 5.93. The lowest BCUT2D eigenvalue weighted by atomic mass is 9.87. The summed E-state index contributed by atoms with van der Waals surface area (Å²) >= 11 is 0. The van der Waals surface area contributed by atoms with Crippen molar-refractivity contribution >= 4 is 5.69 Å². The number of para-hydroxylation sites is 1. The molecule has 0 aromatic heterocycles. The maximum absolute atomic E-state index is 5.93. The number of aryl methyl sites for hydroxylation is 2. The fraction of sp³-hybridized carbons (Fsp3) is 0.625. The zero-order valence-corrected chi connectivity index (χ0v) is 12.2. The molecule has 0 spiro atoms. The lowest BCUT2D eigenvalue weighted by molar-refractivity contribution is 0.373. The molecule has 18 heavy (non-hydrogen) atoms. The normalized spacial score (nSPS) is 22.5. The summed E-state index contributed by atoms with van der Waals surface area (Å²) in [5.41, 5.74) is 10.4. The second-order valence-electron chi connectivity index (χ2n) is 5.96. The number of nitrogens with two attached hydrogens (primary N) is 1. The van der Waals surface area contributed by atoms with Crippen molar-refractivity contribution in [1.82, 2.24) is 0 Å². The molecule has 0 amide bonds. The predicted octanol–water partition coefficient (Wildman–Crippen LogP) is 3.12. The van der Waals surface area contributed by atoms with E-state index in [0.29, 0.717) is 5.92 Å². The lowest BCUT2D eigenvalue weighted by Gasteiger charge is -2.39. The molecule has 2 heteroatoms. The minimum atomic E-state index is 0.171. The van der Waals surface area contributed by atoms with E-state index in [1.807, 2.05) is 0 Å². The molecule has 1 heterocycles. The highest BCUT2D eigenvalue weighted by Gasteiger charge is 2.41. The molecule has 2 nitrogen and oxygen atoms in total. The van der Waals surface area contributed by atoms with Gasteiger partial charge in [-0.15, -0.1) is 0 Å². The first-order valence-electron chi connectivity index (χ1n) is 7.08. The van der Waals surface area contributed by atoms with Crippen molar-refractivity contribution in [3.63, 3.8) is 0 Å². The van der Waals surface area contributed by atoms with Gasteiger partial charge in [-0.3, -0.25) is 0 Å². The third-order valence-electron chi connectivity index (χ3n) is 4.65. The van der Waals surface area contributed by atoms with Crippen LogP contribution in [0.4, 0.5) is 5.69 Å². The van der Waals surface area contributed by atoms with E-state index in [9.17, 15) is 0 Å². The summed E-state index contributed by atoms with van der Waals surface area (Å²) in [6.45, 7) is 11.1. The number of hydrogen-bond donors (Lipinski definition) is 1. The molecule has 1 unspecified atom stereocenters. The van der Waals surface area contributed by atoms with Gasteiger partial charge in [0.15, 0.2) is 0 Å². The number of nitrogens with zero attached hydrogens (tertiary/aromatic N) is 1. The van der Waals surface area contributed by atoms with Gasteiger partial charge in [0, 0.05) is 17.8 Å². The van der Waals surface area contributed by atoms with Crippen LogP contribution in [0.3, 0.4) is 0 Å². The zero-order valence-electron chi connectivity index (χ0n) is 12.2. The first kappa shape index (κ1) is 13.4. The van der Waals surface area contributed by atoms with Crippen LogP contribution in [0, 0.1) is 12.8 Å². The van der Waals surface area contributed by atoms with E-state index < -0.39 is 0 Å². The minimum Gasteiger partial charge on any atom is -0.366 e. The number of rotatable bonds is 3. The molecule has 1 saturated heterocycles. The fourth-order valence-corrected chi connectivity index (χ4v) is 3.34. The summed E-state index contributed by atoms with van der Waals surface area (Å²) in [5.74, 6) is 0.599. The van der Waals surface area contributed by atoms with Gasteiger partial charge in [0.25, 0.3) is 0 Å². The topological polar surface area (TPSA) is 29.3 Å². The molecular formula is C16H26N2. The van der Waals surface area contributed by atoms with Gasteiger partial charge in [-0.1, -0.05) is 25.1 Å². The molecule has 0 bridgehead atoms. The summed E-state index contributed by atoms with van der Waals surface area (Å²) in [7, 11) is 0. The molecule has 1 atom stereocenters. The van der Waals surface area contributed by atoms with Crippen molar-refractivity contribution in [1.29, 1.82) is 0 Å². The lowest BCUT2D eigenvalue weighted by Crippen LogP contribution is -2.45. The maximum Gasteiger partial charge on any atom is 0.0432 e. The van der Waals surface area contributed by atoms with Crippen molar-refractivity contribution in [2.75, 3.05) is 18.0 Å². The van der Waals surface area contributed by atoms with Crippen LogP contribution in [-0.4, -0.2) is 18.6 Å². The van der Waals surface area contributed by atoms with E-state index in [1.165, 1.54) is 23.2 Å². The Morgan fingerprint density at radius 3 is 2.67 bits per heavy atom. The summed E-state index contributed by atoms with van der Waals surface area (Å²) in [6.07, 6.45) is 2.30. The van der Waals surface area contributed by atoms with Crippen LogP contribution >= 0.6 is 0 Å². The van der Waals surface area contributed by atoms with E-state index in [-0.39, 0.29) is 5.54 Å². The van der Waals surface area contributed by atoms with E-state index in [2.05, 4.69) is 50.8 Å². The summed E-state index contributed by atoms with van der Waals surface area (Å²) in [4.78, 5) is 2.58. The van der Waals surface area contributed by atoms with Gasteiger partial charge in [-0.2, -0.15) is 0 Å². The van der Waals surface area contributed by atoms with Crippen LogP contribution in [0.2, 0.25) is 0 Å². The van der Waals surface area contributed by atoms with Crippen LogP contribution in [0.1, 0.15) is 38.3 Å². The average Bonchev–Trinajstić information content (AvgIpc) is 2.63. The molecule has 1 aromatic carbocycles. The van der Waals surface area contributed by atoms with Gasteiger partial charge < -0.3 is 10.6 Å². The molecule has 2 N–H and O–H groups in total. The van der Waals surface area contributed by atoms with E-state index in [0.717, 1.165) is 19.5 Å². The first-order chi connectivity index (χ1) is 8.52. The van der Waals surface area contributed by atoms with Gasteiger partial charge in [0.05, 0.1) is 0 Å². The quantitative estimate of drug-likeness (QED) is 0.888. The van der Waals surface area contributed by atoms with Crippen molar-refractivity contribution in [3.8, 4) is 0 Å². The zero-order chi connectivity index (χ0) is 13.3. The molecule has 1 aromatic rings. The molecule has 1 aliphatic rings. The molecule has 1 fully saturated rings. The van der Waals surface area contributed by atoms with Gasteiger partial charge in [-0.25, -0.2) is 0 Å². The van der Waals surface area contributed by atoms with E-state index in [1.54, 1.807) is 0 Å². The first-order valence-corrected chi connectivity index (χ1v) is 7.08. The molecule has 0 radical (unpaired) electrons. The fourth-order valence-electron chi connectivity index (χ4n) is 3.34. The third-order valence-corrected chi connectivity index (χ3v) is 4.65. The smallest absolute Gasteiger partial charge is 0.0432 e. The van der Waals surface area contributed by atoms with E-state index in [4.69, 9.17) is 5.73 Å². The summed E-state index contributed by atoms with van der Waals surface area (Å²) in [5, 5.41) is 0. The van der Waals surface area contributed by atoms with Crippen LogP contribution in [0.5, 0.6) is 0 Å². The predicted molar refractivity (Wildman–Crippen MR) is 79.1 cm³/mol. The number of hydrogen-bond acceptors (Lipinski definition) is 2. The van der Waals surface area contributed by atoms with Crippen molar-refractivity contribution in [2.45, 2.75) is 46.1 Å². The second-order valence-corrected chi connectivity index (χ2v) is 5.96. The molecule has 1 aliphatic heterocycles.